The summed E-state index contributed by atoms with van der Waals surface area (Å²) in [5, 5.41) is 0. The molecule has 0 atom stereocenters. The first-order valence-electron chi connectivity index (χ1n) is 16.4. The third-order valence-electron chi connectivity index (χ3n) is 7.66. The van der Waals surface area contributed by atoms with Crippen LogP contribution in [0.3, 0.4) is 0 Å². The molecule has 0 saturated carbocycles. The van der Waals surface area contributed by atoms with E-state index in [9.17, 15) is 21.6 Å². The molecule has 264 valence electrons. The molecule has 2 fully saturated rings. The van der Waals surface area contributed by atoms with Gasteiger partial charge in [-0.3, -0.25) is 14.8 Å². The maximum absolute atomic E-state index is 12.4. The van der Waals surface area contributed by atoms with E-state index in [1.807, 2.05) is 11.1 Å². The molecule has 0 unspecified atom stereocenters. The predicted octanol–water partition coefficient (Wildman–Crippen LogP) is 2.51. The van der Waals surface area contributed by atoms with Gasteiger partial charge in [0.1, 0.15) is 17.2 Å². The van der Waals surface area contributed by atoms with Crippen LogP contribution in [0, 0.1) is 0 Å². The number of anilines is 2. The number of sulfonamides is 2. The monoisotopic (exact) mass is 696 g/mol. The van der Waals surface area contributed by atoms with Crippen molar-refractivity contribution in [1.29, 1.82) is 0 Å². The van der Waals surface area contributed by atoms with Gasteiger partial charge in [0, 0.05) is 52.4 Å². The first-order valence-corrected chi connectivity index (χ1v) is 19.8. The smallest absolute Gasteiger partial charge is 0.323 e. The molecule has 0 N–H and O–H groups in total. The van der Waals surface area contributed by atoms with Crippen molar-refractivity contribution in [1.82, 2.24) is 28.5 Å². The van der Waals surface area contributed by atoms with E-state index in [1.54, 1.807) is 39.4 Å². The molecule has 0 spiro atoms. The van der Waals surface area contributed by atoms with Crippen LogP contribution in [0.2, 0.25) is 0 Å². The van der Waals surface area contributed by atoms with Crippen LogP contribution >= 0.6 is 0 Å². The molecule has 14 nitrogen and oxygen atoms in total. The molecule has 16 heteroatoms. The molecular weight excluding hydrogens is 645 g/mol. The summed E-state index contributed by atoms with van der Waals surface area (Å²) in [6.07, 6.45) is 14.8. The summed E-state index contributed by atoms with van der Waals surface area (Å²) < 4.78 is 55.8. The number of unbranched alkanes of at least 4 members (excludes halogenated alkanes) is 2. The van der Waals surface area contributed by atoms with Crippen molar-refractivity contribution in [3.63, 3.8) is 0 Å². The van der Waals surface area contributed by atoms with E-state index >= 15 is 0 Å². The van der Waals surface area contributed by atoms with Gasteiger partial charge >= 0.3 is 5.97 Å². The van der Waals surface area contributed by atoms with Crippen LogP contribution in [0.4, 0.5) is 11.6 Å². The highest BCUT2D eigenvalue weighted by Crippen LogP contribution is 2.17. The second-order valence-electron chi connectivity index (χ2n) is 12.8. The molecule has 2 saturated heterocycles. The summed E-state index contributed by atoms with van der Waals surface area (Å²) >= 11 is 0. The average Bonchev–Trinajstić information content (AvgIpc) is 3.02. The summed E-state index contributed by atoms with van der Waals surface area (Å²) in [5.41, 5.74) is 1.29. The summed E-state index contributed by atoms with van der Waals surface area (Å²) in [5.74, 6) is 0.229. The Morgan fingerprint density at radius 1 is 0.702 bits per heavy atom. The molecule has 2 aromatic heterocycles. The highest BCUT2D eigenvalue weighted by Gasteiger charge is 2.31. The number of rotatable bonds is 12. The fourth-order valence-corrected chi connectivity index (χ4v) is 7.14. The van der Waals surface area contributed by atoms with Gasteiger partial charge in [0.05, 0.1) is 42.4 Å². The van der Waals surface area contributed by atoms with Gasteiger partial charge in [0.2, 0.25) is 20.0 Å². The van der Waals surface area contributed by atoms with Crippen LogP contribution in [-0.2, 0) is 42.4 Å². The van der Waals surface area contributed by atoms with Crippen molar-refractivity contribution in [2.75, 3.05) is 74.2 Å². The van der Waals surface area contributed by atoms with Gasteiger partial charge < -0.3 is 14.5 Å². The second kappa shape index (κ2) is 17.4. The number of hydrogen-bond donors (Lipinski definition) is 0. The summed E-state index contributed by atoms with van der Waals surface area (Å²) in [6, 6.07) is 0. The van der Waals surface area contributed by atoms with Gasteiger partial charge in [-0.05, 0) is 46.5 Å². The minimum atomic E-state index is -3.68. The lowest BCUT2D eigenvalue weighted by Crippen LogP contribution is -2.50. The zero-order valence-corrected chi connectivity index (χ0v) is 30.4. The molecule has 2 aromatic rings. The number of aromatic nitrogens is 4. The van der Waals surface area contributed by atoms with E-state index in [-0.39, 0.29) is 0 Å². The SMILES string of the molecule is CCCCc1cnc(N2CCN(S(=O)(=O)CC(=O)OC(C)(C)C)CC2)cn1.CCCCc1cnc(N2CCN(S(C)(=O)=O)CC2)cn1. The summed E-state index contributed by atoms with van der Waals surface area (Å²) in [7, 11) is -6.76. The van der Waals surface area contributed by atoms with Crippen LogP contribution in [0.15, 0.2) is 24.8 Å². The van der Waals surface area contributed by atoms with E-state index in [0.717, 1.165) is 61.5 Å². The second-order valence-corrected chi connectivity index (χ2v) is 16.8. The fraction of sp³-hybridized carbons (Fsp3) is 0.710. The van der Waals surface area contributed by atoms with E-state index in [1.165, 1.54) is 14.9 Å². The number of carbonyl (C=O) groups is 1. The van der Waals surface area contributed by atoms with Crippen molar-refractivity contribution >= 4 is 37.7 Å². The van der Waals surface area contributed by atoms with Crippen molar-refractivity contribution in [3.8, 4) is 0 Å². The molecule has 4 heterocycles. The number of aryl methyl sites for hydroxylation is 2. The Morgan fingerprint density at radius 3 is 1.47 bits per heavy atom. The van der Waals surface area contributed by atoms with Crippen LogP contribution in [0.1, 0.15) is 71.7 Å². The summed E-state index contributed by atoms with van der Waals surface area (Å²) in [6.45, 7) is 13.4. The Bertz CT molecular complexity index is 1470. The van der Waals surface area contributed by atoms with Crippen LogP contribution < -0.4 is 9.80 Å². The molecule has 4 rings (SSSR count). The van der Waals surface area contributed by atoms with Gasteiger partial charge in [0.25, 0.3) is 0 Å². The normalized spacial score (nSPS) is 16.8. The standard InChI is InChI=1S/C18H30N4O4S.C13H22N4O2S/c1-5-6-7-15-12-20-16(13-19-15)21-8-10-22(11-9-21)27(24,25)14-17(23)26-18(2,3)4;1-3-4-5-12-10-15-13(11-14-12)16-6-8-17(9-7-16)20(2,18)19/h12-13H,5-11,14H2,1-4H3;10-11H,3-9H2,1-2H3. The van der Waals surface area contributed by atoms with Crippen LogP contribution in [0.5, 0.6) is 0 Å². The molecule has 0 bridgehead atoms. The molecule has 0 aromatic carbocycles. The summed E-state index contributed by atoms with van der Waals surface area (Å²) in [4.78, 5) is 33.7. The molecular formula is C31H52N8O6S2. The quantitative estimate of drug-likeness (QED) is 0.299. The molecule has 0 amide bonds. The van der Waals surface area contributed by atoms with Gasteiger partial charge in [-0.1, -0.05) is 26.7 Å². The molecule has 47 heavy (non-hydrogen) atoms. The third-order valence-corrected chi connectivity index (χ3v) is 10.7. The van der Waals surface area contributed by atoms with Crippen molar-refractivity contribution < 1.29 is 26.4 Å². The topological polar surface area (TPSA) is 159 Å². The minimum absolute atomic E-state index is 0.310. The van der Waals surface area contributed by atoms with E-state index in [2.05, 4.69) is 38.7 Å². The fourth-order valence-electron chi connectivity index (χ4n) is 5.05. The van der Waals surface area contributed by atoms with E-state index in [0.29, 0.717) is 52.4 Å². The lowest BCUT2D eigenvalue weighted by Gasteiger charge is -2.34. The van der Waals surface area contributed by atoms with Gasteiger partial charge in [-0.2, -0.15) is 8.61 Å². The Balaban J connectivity index is 0.000000267. The van der Waals surface area contributed by atoms with E-state index < -0.39 is 37.4 Å². The Hall–Kier alpha value is -2.95. The third kappa shape index (κ3) is 12.9. The molecule has 0 aliphatic carbocycles. The predicted molar refractivity (Wildman–Crippen MR) is 183 cm³/mol. The van der Waals surface area contributed by atoms with Crippen molar-refractivity contribution in [3.05, 3.63) is 36.2 Å². The number of esters is 1. The number of ether oxygens (including phenoxy) is 1. The number of hydrogen-bond acceptors (Lipinski definition) is 12. The van der Waals surface area contributed by atoms with E-state index in [4.69, 9.17) is 4.74 Å². The molecule has 2 aliphatic heterocycles. The van der Waals surface area contributed by atoms with Crippen LogP contribution in [0.25, 0.3) is 0 Å². The highest BCUT2D eigenvalue weighted by molar-refractivity contribution is 7.89. The van der Waals surface area contributed by atoms with Gasteiger partial charge in [0.15, 0.2) is 5.75 Å². The van der Waals surface area contributed by atoms with Gasteiger partial charge in [-0.25, -0.2) is 26.8 Å². The zero-order chi connectivity index (χ0) is 34.7. The average molecular weight is 697 g/mol. The minimum Gasteiger partial charge on any atom is -0.459 e. The van der Waals surface area contributed by atoms with Crippen molar-refractivity contribution in [2.45, 2.75) is 78.7 Å². The number of piperazine rings is 2. The van der Waals surface area contributed by atoms with Crippen molar-refractivity contribution in [2.24, 2.45) is 0 Å². The zero-order valence-electron chi connectivity index (χ0n) is 28.8. The number of nitrogens with zero attached hydrogens (tertiary/aromatic N) is 8. The molecule has 0 radical (unpaired) electrons. The number of carbonyl (C=O) groups excluding carboxylic acids is 1. The largest absolute Gasteiger partial charge is 0.459 e. The van der Waals surface area contributed by atoms with Gasteiger partial charge in [-0.15, -0.1) is 0 Å². The maximum Gasteiger partial charge on any atom is 0.323 e. The highest BCUT2D eigenvalue weighted by atomic mass is 32.2. The lowest BCUT2D eigenvalue weighted by atomic mass is 10.2. The Labute approximate surface area is 281 Å². The first kappa shape index (κ1) is 38.5. The Kier molecular flexibility index (Phi) is 14.3. The molecule has 2 aliphatic rings. The lowest BCUT2D eigenvalue weighted by molar-refractivity contribution is -0.151. The first-order chi connectivity index (χ1) is 22.1. The maximum atomic E-state index is 12.4. The Morgan fingerprint density at radius 2 is 1.13 bits per heavy atom. The van der Waals surface area contributed by atoms with Crippen LogP contribution in [-0.4, -0.2) is 121 Å².